The summed E-state index contributed by atoms with van der Waals surface area (Å²) in [7, 11) is 0. The molecule has 1 aliphatic rings. The molecule has 0 N–H and O–H groups in total. The fourth-order valence-corrected chi connectivity index (χ4v) is 3.99. The summed E-state index contributed by atoms with van der Waals surface area (Å²) in [6.07, 6.45) is 1.58. The van der Waals surface area contributed by atoms with E-state index in [0.29, 0.717) is 0 Å². The van der Waals surface area contributed by atoms with Gasteiger partial charge in [-0.1, -0.05) is 12.1 Å². The molecule has 39 heavy (non-hydrogen) atoms. The summed E-state index contributed by atoms with van der Waals surface area (Å²) in [5, 5.41) is 0. The Morgan fingerprint density at radius 3 is 2.08 bits per heavy atom. The second-order valence-electron chi connectivity index (χ2n) is 8.43. The molecule has 0 unspecified atom stereocenters. The van der Waals surface area contributed by atoms with Crippen LogP contribution in [0.1, 0.15) is 35.3 Å². The lowest BCUT2D eigenvalue weighted by molar-refractivity contribution is -0.136. The zero-order chi connectivity index (χ0) is 28.4. The third-order valence-corrected chi connectivity index (χ3v) is 6.08. The number of Topliss-reactive ketones (excluding diaryl/α,β-unsaturated/α-hetero) is 1. The fraction of sp³-hybridized carbons (Fsp3) is 0.214. The first-order valence-corrected chi connectivity index (χ1v) is 11.8. The number of nitrogens with zero attached hydrogens (tertiary/aromatic N) is 1. The average molecular weight is 547 g/mol. The standard InChI is InChI=1S/C28H22F5NO5/c1-4-34(5-2)16-8-6-15(7-9-16)12-19-26(36)17-10-11-18(14(3)27(17)39-19)38-20(35)13-37-28-24(32)22(30)21(29)23(31)25(28)33/h6-12H,4-5,13H2,1-3H3/b19-12-. The summed E-state index contributed by atoms with van der Waals surface area (Å²) in [6, 6.07) is 10.3. The second kappa shape index (κ2) is 11.1. The summed E-state index contributed by atoms with van der Waals surface area (Å²) in [4.78, 5) is 27.2. The molecule has 1 aliphatic heterocycles. The summed E-state index contributed by atoms with van der Waals surface area (Å²) in [6.45, 7) is 6.16. The molecule has 0 fully saturated rings. The van der Waals surface area contributed by atoms with Crippen molar-refractivity contribution in [3.63, 3.8) is 0 Å². The van der Waals surface area contributed by atoms with Crippen LogP contribution in [0.2, 0.25) is 0 Å². The van der Waals surface area contributed by atoms with Crippen molar-refractivity contribution in [2.75, 3.05) is 24.6 Å². The van der Waals surface area contributed by atoms with Crippen molar-refractivity contribution in [1.29, 1.82) is 0 Å². The van der Waals surface area contributed by atoms with Gasteiger partial charge in [0.15, 0.2) is 18.1 Å². The van der Waals surface area contributed by atoms with Gasteiger partial charge in [0.25, 0.3) is 0 Å². The monoisotopic (exact) mass is 547 g/mol. The Kier molecular flexibility index (Phi) is 7.89. The Morgan fingerprint density at radius 2 is 1.49 bits per heavy atom. The molecule has 0 saturated heterocycles. The van der Waals surface area contributed by atoms with Crippen LogP contribution in [-0.2, 0) is 4.79 Å². The van der Waals surface area contributed by atoms with Crippen LogP contribution in [0, 0.1) is 36.0 Å². The molecular weight excluding hydrogens is 525 g/mol. The maximum Gasteiger partial charge on any atom is 0.349 e. The van der Waals surface area contributed by atoms with Crippen molar-refractivity contribution in [3.05, 3.63) is 87.9 Å². The number of halogens is 5. The molecule has 0 atom stereocenters. The molecule has 0 radical (unpaired) electrons. The molecule has 0 saturated carbocycles. The number of rotatable bonds is 8. The van der Waals surface area contributed by atoms with E-state index in [2.05, 4.69) is 23.5 Å². The normalized spacial score (nSPS) is 13.3. The van der Waals surface area contributed by atoms with Crippen LogP contribution in [-0.4, -0.2) is 31.4 Å². The predicted molar refractivity (Wildman–Crippen MR) is 131 cm³/mol. The van der Waals surface area contributed by atoms with Crippen LogP contribution in [0.4, 0.5) is 27.6 Å². The molecule has 4 rings (SSSR count). The number of esters is 1. The summed E-state index contributed by atoms with van der Waals surface area (Å²) in [5.41, 5.74) is 2.27. The molecule has 3 aromatic rings. The van der Waals surface area contributed by atoms with E-state index in [1.165, 1.54) is 19.1 Å². The Balaban J connectivity index is 1.47. The predicted octanol–water partition coefficient (Wildman–Crippen LogP) is 6.14. The zero-order valence-corrected chi connectivity index (χ0v) is 21.0. The maximum absolute atomic E-state index is 13.8. The van der Waals surface area contributed by atoms with Gasteiger partial charge >= 0.3 is 5.97 Å². The largest absolute Gasteiger partial charge is 0.476 e. The molecule has 0 aliphatic carbocycles. The van der Waals surface area contributed by atoms with Crippen LogP contribution in [0.15, 0.2) is 42.2 Å². The van der Waals surface area contributed by atoms with Gasteiger partial charge in [-0.3, -0.25) is 4.79 Å². The minimum absolute atomic E-state index is 0.0572. The highest BCUT2D eigenvalue weighted by Crippen LogP contribution is 2.39. The summed E-state index contributed by atoms with van der Waals surface area (Å²) < 4.78 is 82.7. The Morgan fingerprint density at radius 1 is 0.897 bits per heavy atom. The van der Waals surface area contributed by atoms with Gasteiger partial charge in [0.1, 0.15) is 11.5 Å². The van der Waals surface area contributed by atoms with E-state index in [1.54, 1.807) is 6.08 Å². The number of allylic oxidation sites excluding steroid dienone is 1. The second-order valence-corrected chi connectivity index (χ2v) is 8.43. The van der Waals surface area contributed by atoms with Gasteiger partial charge < -0.3 is 19.1 Å². The van der Waals surface area contributed by atoms with Gasteiger partial charge in [-0.15, -0.1) is 0 Å². The highest BCUT2D eigenvalue weighted by Gasteiger charge is 2.31. The number of hydrogen-bond donors (Lipinski definition) is 0. The number of hydrogen-bond acceptors (Lipinski definition) is 6. The smallest absolute Gasteiger partial charge is 0.349 e. The van der Waals surface area contributed by atoms with Crippen LogP contribution >= 0.6 is 0 Å². The topological polar surface area (TPSA) is 65.1 Å². The Labute approximate surface area is 220 Å². The molecule has 0 spiro atoms. The number of carbonyl (C=O) groups excluding carboxylic acids is 2. The third-order valence-electron chi connectivity index (χ3n) is 6.08. The van der Waals surface area contributed by atoms with E-state index < -0.39 is 47.4 Å². The van der Waals surface area contributed by atoms with Crippen LogP contribution < -0.4 is 19.1 Å². The van der Waals surface area contributed by atoms with Crippen LogP contribution in [0.5, 0.6) is 17.2 Å². The summed E-state index contributed by atoms with van der Waals surface area (Å²) in [5.74, 6) is -14.3. The first-order chi connectivity index (χ1) is 18.6. The lowest BCUT2D eigenvalue weighted by Gasteiger charge is -2.20. The van der Waals surface area contributed by atoms with E-state index in [4.69, 9.17) is 9.47 Å². The lowest BCUT2D eigenvalue weighted by atomic mass is 10.1. The highest BCUT2D eigenvalue weighted by atomic mass is 19.2. The van der Waals surface area contributed by atoms with E-state index in [9.17, 15) is 31.5 Å². The molecule has 0 aromatic heterocycles. The molecule has 11 heteroatoms. The number of ether oxygens (including phenoxy) is 3. The number of benzene rings is 3. The highest BCUT2D eigenvalue weighted by molar-refractivity contribution is 6.15. The Bertz CT molecular complexity index is 1450. The van der Waals surface area contributed by atoms with Crippen molar-refractivity contribution in [3.8, 4) is 17.2 Å². The molecule has 204 valence electrons. The van der Waals surface area contributed by atoms with E-state index in [0.717, 1.165) is 24.3 Å². The Hall–Kier alpha value is -4.41. The minimum Gasteiger partial charge on any atom is -0.476 e. The SMILES string of the molecule is CCN(CC)c1ccc(/C=C2\Oc3c(ccc(OC(=O)COc4c(F)c(F)c(F)c(F)c4F)c3C)C2=O)cc1. The van der Waals surface area contributed by atoms with E-state index in [-0.39, 0.29) is 34.2 Å². The molecule has 0 bridgehead atoms. The van der Waals surface area contributed by atoms with Gasteiger partial charge in [-0.25, -0.2) is 18.0 Å². The van der Waals surface area contributed by atoms with E-state index in [1.807, 2.05) is 24.3 Å². The summed E-state index contributed by atoms with van der Waals surface area (Å²) >= 11 is 0. The lowest BCUT2D eigenvalue weighted by Crippen LogP contribution is -2.21. The van der Waals surface area contributed by atoms with Crippen molar-refractivity contribution < 1.29 is 45.8 Å². The number of fused-ring (bicyclic) bond motifs is 1. The minimum atomic E-state index is -2.35. The van der Waals surface area contributed by atoms with Gasteiger partial charge in [-0.05, 0) is 56.7 Å². The van der Waals surface area contributed by atoms with Gasteiger partial charge in [0.2, 0.25) is 34.9 Å². The third kappa shape index (κ3) is 5.29. The van der Waals surface area contributed by atoms with Crippen LogP contribution in [0.3, 0.4) is 0 Å². The van der Waals surface area contributed by atoms with Crippen molar-refractivity contribution in [1.82, 2.24) is 0 Å². The van der Waals surface area contributed by atoms with Gasteiger partial charge in [0.05, 0.1) is 5.56 Å². The first-order valence-electron chi connectivity index (χ1n) is 11.8. The van der Waals surface area contributed by atoms with Crippen molar-refractivity contribution in [2.24, 2.45) is 0 Å². The fourth-order valence-electron chi connectivity index (χ4n) is 3.99. The van der Waals surface area contributed by atoms with Gasteiger partial charge in [-0.2, -0.15) is 8.78 Å². The van der Waals surface area contributed by atoms with Crippen molar-refractivity contribution in [2.45, 2.75) is 20.8 Å². The van der Waals surface area contributed by atoms with Crippen molar-refractivity contribution >= 4 is 23.5 Å². The number of ketones is 1. The van der Waals surface area contributed by atoms with Gasteiger partial charge in [0, 0.05) is 24.3 Å². The molecule has 3 aromatic carbocycles. The number of anilines is 1. The number of carbonyl (C=O) groups is 2. The first kappa shape index (κ1) is 27.6. The average Bonchev–Trinajstić information content (AvgIpc) is 3.25. The quantitative estimate of drug-likeness (QED) is 0.0844. The molecule has 1 heterocycles. The van der Waals surface area contributed by atoms with E-state index >= 15 is 0 Å². The maximum atomic E-state index is 13.8. The zero-order valence-electron chi connectivity index (χ0n) is 21.0. The molecule has 0 amide bonds. The molecular formula is C28H22F5NO5. The van der Waals surface area contributed by atoms with Crippen LogP contribution in [0.25, 0.3) is 6.08 Å². The molecule has 6 nitrogen and oxygen atoms in total.